The van der Waals surface area contributed by atoms with E-state index in [2.05, 4.69) is 62.4 Å². The number of unbranched alkanes of at least 4 members (excludes halogenated alkanes) is 1. The van der Waals surface area contributed by atoms with Gasteiger partial charge in [0, 0.05) is 18.5 Å². The molecule has 0 bridgehead atoms. The van der Waals surface area contributed by atoms with Gasteiger partial charge in [-0.3, -0.25) is 5.43 Å². The van der Waals surface area contributed by atoms with Crippen molar-refractivity contribution in [1.29, 1.82) is 0 Å². The molecule has 0 saturated heterocycles. The topological polar surface area (TPSA) is 15.3 Å². The van der Waals surface area contributed by atoms with E-state index >= 15 is 0 Å². The third kappa shape index (κ3) is 4.92. The summed E-state index contributed by atoms with van der Waals surface area (Å²) in [7, 11) is 2.05. The van der Waals surface area contributed by atoms with Gasteiger partial charge in [0.25, 0.3) is 0 Å². The fourth-order valence-corrected chi connectivity index (χ4v) is 2.96. The molecule has 0 amide bonds. The van der Waals surface area contributed by atoms with E-state index in [0.29, 0.717) is 12.0 Å². The fraction of sp³-hybridized carbons (Fsp3) is 0.667. The van der Waals surface area contributed by atoms with Crippen LogP contribution in [0.15, 0.2) is 24.3 Å². The van der Waals surface area contributed by atoms with Crippen LogP contribution in [-0.4, -0.2) is 24.6 Å². The number of aryl methyl sites for hydroxylation is 1. The van der Waals surface area contributed by atoms with E-state index in [9.17, 15) is 0 Å². The standard InChI is InChI=1S/C18H32N2/c1-6-8-13-20(19-5)16(4)18(10-7-2)17-12-9-11-15(3)14-17/h9,11-12,14,16,18-19H,6-8,10,13H2,1-5H3. The molecule has 0 aliphatic heterocycles. The van der Waals surface area contributed by atoms with Crippen molar-refractivity contribution in [2.75, 3.05) is 13.6 Å². The summed E-state index contributed by atoms with van der Waals surface area (Å²) < 4.78 is 0. The molecule has 0 aliphatic rings. The van der Waals surface area contributed by atoms with E-state index in [4.69, 9.17) is 0 Å². The van der Waals surface area contributed by atoms with Crippen molar-refractivity contribution in [3.63, 3.8) is 0 Å². The first-order valence-electron chi connectivity index (χ1n) is 8.14. The predicted octanol–water partition coefficient (Wildman–Crippen LogP) is 4.50. The highest BCUT2D eigenvalue weighted by molar-refractivity contribution is 5.26. The van der Waals surface area contributed by atoms with Gasteiger partial charge in [-0.1, -0.05) is 56.5 Å². The zero-order valence-corrected chi connectivity index (χ0v) is 13.9. The lowest BCUT2D eigenvalue weighted by Gasteiger charge is -2.34. The van der Waals surface area contributed by atoms with Crippen LogP contribution in [0.25, 0.3) is 0 Å². The van der Waals surface area contributed by atoms with Gasteiger partial charge < -0.3 is 0 Å². The molecule has 0 spiro atoms. The van der Waals surface area contributed by atoms with Gasteiger partial charge in [-0.2, -0.15) is 0 Å². The van der Waals surface area contributed by atoms with Crippen LogP contribution in [0.3, 0.4) is 0 Å². The first kappa shape index (κ1) is 17.2. The summed E-state index contributed by atoms with van der Waals surface area (Å²) in [4.78, 5) is 0. The molecule has 0 aliphatic carbocycles. The molecule has 2 unspecified atom stereocenters. The van der Waals surface area contributed by atoms with Crippen molar-refractivity contribution in [3.8, 4) is 0 Å². The molecule has 1 rings (SSSR count). The molecule has 0 heterocycles. The lowest BCUT2D eigenvalue weighted by molar-refractivity contribution is 0.123. The number of nitrogens with zero attached hydrogens (tertiary/aromatic N) is 1. The van der Waals surface area contributed by atoms with Gasteiger partial charge in [-0.25, -0.2) is 5.01 Å². The Morgan fingerprint density at radius 1 is 1.20 bits per heavy atom. The average molecular weight is 276 g/mol. The highest BCUT2D eigenvalue weighted by Crippen LogP contribution is 2.28. The van der Waals surface area contributed by atoms with Crippen LogP contribution in [0.2, 0.25) is 0 Å². The van der Waals surface area contributed by atoms with E-state index in [1.165, 1.54) is 36.8 Å². The second-order valence-corrected chi connectivity index (χ2v) is 5.82. The van der Waals surface area contributed by atoms with Crippen molar-refractivity contribution in [3.05, 3.63) is 35.4 Å². The molecule has 0 aromatic heterocycles. The van der Waals surface area contributed by atoms with E-state index < -0.39 is 0 Å². The zero-order chi connectivity index (χ0) is 15.0. The van der Waals surface area contributed by atoms with Crippen molar-refractivity contribution < 1.29 is 0 Å². The van der Waals surface area contributed by atoms with Gasteiger partial charge >= 0.3 is 0 Å². The Balaban J connectivity index is 2.87. The Labute approximate surface area is 125 Å². The van der Waals surface area contributed by atoms with Crippen LogP contribution in [0.5, 0.6) is 0 Å². The van der Waals surface area contributed by atoms with Crippen molar-refractivity contribution in [1.82, 2.24) is 10.4 Å². The molecule has 1 aromatic rings. The Hall–Kier alpha value is -0.860. The number of hydrazine groups is 1. The highest BCUT2D eigenvalue weighted by Gasteiger charge is 2.23. The Bertz CT molecular complexity index is 375. The minimum absolute atomic E-state index is 0.522. The number of hydrogen-bond donors (Lipinski definition) is 1. The minimum atomic E-state index is 0.522. The van der Waals surface area contributed by atoms with Crippen LogP contribution >= 0.6 is 0 Å². The van der Waals surface area contributed by atoms with Crippen LogP contribution < -0.4 is 5.43 Å². The summed E-state index contributed by atoms with van der Waals surface area (Å²) in [6, 6.07) is 9.54. The molecule has 1 aromatic carbocycles. The Morgan fingerprint density at radius 3 is 2.50 bits per heavy atom. The molecular weight excluding hydrogens is 244 g/mol. The largest absolute Gasteiger partial charge is 0.258 e. The number of hydrogen-bond acceptors (Lipinski definition) is 2. The third-order valence-electron chi connectivity index (χ3n) is 4.18. The zero-order valence-electron chi connectivity index (χ0n) is 13.9. The Kier molecular flexibility index (Phi) is 7.86. The van der Waals surface area contributed by atoms with Crippen molar-refractivity contribution >= 4 is 0 Å². The maximum Gasteiger partial charge on any atom is 0.0283 e. The van der Waals surface area contributed by atoms with Crippen LogP contribution in [0.4, 0.5) is 0 Å². The molecule has 0 fully saturated rings. The lowest BCUT2D eigenvalue weighted by atomic mass is 9.87. The second-order valence-electron chi connectivity index (χ2n) is 5.82. The molecule has 0 saturated carbocycles. The monoisotopic (exact) mass is 276 g/mol. The summed E-state index contributed by atoms with van der Waals surface area (Å²) >= 11 is 0. The van der Waals surface area contributed by atoms with Crippen LogP contribution in [-0.2, 0) is 0 Å². The van der Waals surface area contributed by atoms with E-state index in [0.717, 1.165) is 6.54 Å². The summed E-state index contributed by atoms with van der Waals surface area (Å²) in [6.07, 6.45) is 4.97. The predicted molar refractivity (Wildman–Crippen MR) is 89.0 cm³/mol. The summed E-state index contributed by atoms with van der Waals surface area (Å²) in [5.41, 5.74) is 6.24. The van der Waals surface area contributed by atoms with Gasteiger partial charge in [-0.15, -0.1) is 0 Å². The second kappa shape index (κ2) is 9.15. The molecular formula is C18H32N2. The highest BCUT2D eigenvalue weighted by atomic mass is 15.5. The molecule has 20 heavy (non-hydrogen) atoms. The quantitative estimate of drug-likeness (QED) is 0.668. The molecule has 1 N–H and O–H groups in total. The van der Waals surface area contributed by atoms with E-state index in [-0.39, 0.29) is 0 Å². The van der Waals surface area contributed by atoms with Crippen molar-refractivity contribution in [2.45, 2.75) is 65.3 Å². The normalized spacial score (nSPS) is 14.5. The van der Waals surface area contributed by atoms with Gasteiger partial charge in [0.2, 0.25) is 0 Å². The van der Waals surface area contributed by atoms with Gasteiger partial charge in [0.1, 0.15) is 0 Å². The van der Waals surface area contributed by atoms with Gasteiger partial charge in [0.15, 0.2) is 0 Å². The molecule has 2 nitrogen and oxygen atoms in total. The first-order valence-corrected chi connectivity index (χ1v) is 8.14. The van der Waals surface area contributed by atoms with E-state index in [1.54, 1.807) is 0 Å². The maximum atomic E-state index is 3.39. The lowest BCUT2D eigenvalue weighted by Crippen LogP contribution is -2.45. The van der Waals surface area contributed by atoms with Crippen LogP contribution in [0, 0.1) is 6.92 Å². The number of nitrogens with one attached hydrogen (secondary N) is 1. The Morgan fingerprint density at radius 2 is 1.95 bits per heavy atom. The number of benzene rings is 1. The molecule has 2 atom stereocenters. The first-order chi connectivity index (χ1) is 9.63. The molecule has 114 valence electrons. The smallest absolute Gasteiger partial charge is 0.0283 e. The third-order valence-corrected chi connectivity index (χ3v) is 4.18. The summed E-state index contributed by atoms with van der Waals surface area (Å²) in [5, 5.41) is 2.41. The van der Waals surface area contributed by atoms with Crippen LogP contribution in [0.1, 0.15) is 63.5 Å². The SMILES string of the molecule is CCCCN(NC)C(C)C(CCC)c1cccc(C)c1. The fourth-order valence-electron chi connectivity index (χ4n) is 2.96. The maximum absolute atomic E-state index is 3.39. The summed E-state index contributed by atoms with van der Waals surface area (Å²) in [5.74, 6) is 0.601. The van der Waals surface area contributed by atoms with Gasteiger partial charge in [0.05, 0.1) is 0 Å². The van der Waals surface area contributed by atoms with Crippen molar-refractivity contribution in [2.24, 2.45) is 0 Å². The molecule has 2 heteroatoms. The average Bonchev–Trinajstić information content (AvgIpc) is 2.45. The molecule has 0 radical (unpaired) electrons. The minimum Gasteiger partial charge on any atom is -0.258 e. The van der Waals surface area contributed by atoms with Gasteiger partial charge in [-0.05, 0) is 39.3 Å². The van der Waals surface area contributed by atoms with E-state index in [1.807, 2.05) is 7.05 Å². The number of rotatable bonds is 9. The summed E-state index contributed by atoms with van der Waals surface area (Å²) in [6.45, 7) is 10.2.